The third-order valence-electron chi connectivity index (χ3n) is 4.58. The summed E-state index contributed by atoms with van der Waals surface area (Å²) < 4.78 is 33.3. The second-order valence-electron chi connectivity index (χ2n) is 6.75. The van der Waals surface area contributed by atoms with Crippen LogP contribution in [0.15, 0.2) is 94.6 Å². The van der Waals surface area contributed by atoms with Gasteiger partial charge in [0, 0.05) is 12.7 Å². The zero-order valence-corrected chi connectivity index (χ0v) is 16.7. The number of nitrogens with one attached hydrogen (secondary N) is 1. The summed E-state index contributed by atoms with van der Waals surface area (Å²) in [7, 11) is -3.63. The molecule has 5 nitrogen and oxygen atoms in total. The summed E-state index contributed by atoms with van der Waals surface area (Å²) in [6, 6.07) is 22.2. The third-order valence-corrected chi connectivity index (χ3v) is 6.00. The van der Waals surface area contributed by atoms with Gasteiger partial charge in [-0.15, -0.1) is 0 Å². The van der Waals surface area contributed by atoms with E-state index in [1.807, 2.05) is 49.4 Å². The highest BCUT2D eigenvalue weighted by atomic mass is 32.2. The smallest absolute Gasteiger partial charge is 0.240 e. The van der Waals surface area contributed by atoms with E-state index in [1.165, 1.54) is 0 Å². The van der Waals surface area contributed by atoms with Crippen LogP contribution in [0.4, 0.5) is 0 Å². The fourth-order valence-electron chi connectivity index (χ4n) is 3.06. The zero-order valence-electron chi connectivity index (χ0n) is 15.9. The standard InChI is InChI=1S/C23H20N2O3S/c1-17-4-2-5-20(14-17)19-7-9-21(10-8-19)29(26,27)25-16-18-11-12-24-22(15-18)23-6-3-13-28-23/h2-15,25H,16H2,1H3. The Bertz CT molecular complexity index is 1220. The van der Waals surface area contributed by atoms with Gasteiger partial charge in [0.1, 0.15) is 5.69 Å². The largest absolute Gasteiger partial charge is 0.463 e. The van der Waals surface area contributed by atoms with E-state index in [1.54, 1.807) is 36.7 Å². The van der Waals surface area contributed by atoms with Crippen molar-refractivity contribution in [2.75, 3.05) is 0 Å². The number of aromatic nitrogens is 1. The number of hydrogen-bond acceptors (Lipinski definition) is 4. The van der Waals surface area contributed by atoms with Crippen molar-refractivity contribution in [1.29, 1.82) is 0 Å². The van der Waals surface area contributed by atoms with Crippen LogP contribution in [-0.2, 0) is 16.6 Å². The van der Waals surface area contributed by atoms with Gasteiger partial charge < -0.3 is 4.42 Å². The minimum atomic E-state index is -3.63. The lowest BCUT2D eigenvalue weighted by molar-refractivity contribution is 0.579. The minimum Gasteiger partial charge on any atom is -0.463 e. The highest BCUT2D eigenvalue weighted by molar-refractivity contribution is 7.89. The molecule has 0 atom stereocenters. The normalized spacial score (nSPS) is 11.5. The van der Waals surface area contributed by atoms with E-state index >= 15 is 0 Å². The van der Waals surface area contributed by atoms with Crippen LogP contribution in [0, 0.1) is 6.92 Å². The first kappa shape index (κ1) is 19.1. The maximum Gasteiger partial charge on any atom is 0.240 e. The van der Waals surface area contributed by atoms with Crippen molar-refractivity contribution in [2.45, 2.75) is 18.4 Å². The lowest BCUT2D eigenvalue weighted by Crippen LogP contribution is -2.23. The maximum atomic E-state index is 12.7. The molecule has 2 aromatic carbocycles. The van der Waals surface area contributed by atoms with Gasteiger partial charge in [-0.05, 0) is 60.0 Å². The Morgan fingerprint density at radius 3 is 2.48 bits per heavy atom. The molecule has 0 unspecified atom stereocenters. The molecule has 0 amide bonds. The molecule has 2 heterocycles. The molecular formula is C23H20N2O3S. The Morgan fingerprint density at radius 1 is 0.931 bits per heavy atom. The van der Waals surface area contributed by atoms with Crippen molar-refractivity contribution in [2.24, 2.45) is 0 Å². The molecule has 0 saturated carbocycles. The van der Waals surface area contributed by atoms with Gasteiger partial charge in [0.15, 0.2) is 5.76 Å². The van der Waals surface area contributed by atoms with E-state index in [-0.39, 0.29) is 11.4 Å². The summed E-state index contributed by atoms with van der Waals surface area (Å²) in [5.41, 5.74) is 4.65. The Labute approximate surface area is 170 Å². The summed E-state index contributed by atoms with van der Waals surface area (Å²) in [6.45, 7) is 2.20. The first-order valence-corrected chi connectivity index (χ1v) is 10.7. The van der Waals surface area contributed by atoms with Gasteiger partial charge in [0.05, 0.1) is 11.2 Å². The monoisotopic (exact) mass is 404 g/mol. The van der Waals surface area contributed by atoms with E-state index in [9.17, 15) is 8.42 Å². The fourth-order valence-corrected chi connectivity index (χ4v) is 4.07. The van der Waals surface area contributed by atoms with Crippen LogP contribution in [-0.4, -0.2) is 13.4 Å². The van der Waals surface area contributed by atoms with E-state index < -0.39 is 10.0 Å². The van der Waals surface area contributed by atoms with Crippen molar-refractivity contribution in [1.82, 2.24) is 9.71 Å². The summed E-state index contributed by atoms with van der Waals surface area (Å²) in [4.78, 5) is 4.49. The number of benzene rings is 2. The molecule has 29 heavy (non-hydrogen) atoms. The first-order chi connectivity index (χ1) is 14.0. The quantitative estimate of drug-likeness (QED) is 0.501. The lowest BCUT2D eigenvalue weighted by Gasteiger charge is -2.09. The van der Waals surface area contributed by atoms with Gasteiger partial charge in [0.2, 0.25) is 10.0 Å². The number of rotatable bonds is 6. The molecule has 146 valence electrons. The summed E-state index contributed by atoms with van der Waals surface area (Å²) in [5, 5.41) is 0. The van der Waals surface area contributed by atoms with Gasteiger partial charge >= 0.3 is 0 Å². The van der Waals surface area contributed by atoms with Gasteiger partial charge in [-0.25, -0.2) is 13.1 Å². The molecule has 6 heteroatoms. The van der Waals surface area contributed by atoms with Gasteiger partial charge in [-0.3, -0.25) is 4.98 Å². The zero-order chi connectivity index (χ0) is 20.3. The SMILES string of the molecule is Cc1cccc(-c2ccc(S(=O)(=O)NCc3ccnc(-c4ccco4)c3)cc2)c1. The molecule has 0 aliphatic heterocycles. The molecule has 0 fully saturated rings. The van der Waals surface area contributed by atoms with Crippen LogP contribution in [0.5, 0.6) is 0 Å². The number of sulfonamides is 1. The van der Waals surface area contributed by atoms with Crippen molar-refractivity contribution in [3.8, 4) is 22.6 Å². The molecule has 0 saturated heterocycles. The number of furan rings is 1. The highest BCUT2D eigenvalue weighted by Crippen LogP contribution is 2.23. The van der Waals surface area contributed by atoms with Crippen LogP contribution in [0.2, 0.25) is 0 Å². The molecule has 4 rings (SSSR count). The topological polar surface area (TPSA) is 72.2 Å². The van der Waals surface area contributed by atoms with Gasteiger partial charge in [0.25, 0.3) is 0 Å². The minimum absolute atomic E-state index is 0.165. The van der Waals surface area contributed by atoms with Crippen molar-refractivity contribution >= 4 is 10.0 Å². The Morgan fingerprint density at radius 2 is 1.76 bits per heavy atom. The van der Waals surface area contributed by atoms with Crippen LogP contribution in [0.1, 0.15) is 11.1 Å². The molecule has 0 bridgehead atoms. The predicted octanol–water partition coefficient (Wildman–Crippen LogP) is 4.80. The molecule has 1 N–H and O–H groups in total. The summed E-state index contributed by atoms with van der Waals surface area (Å²) in [6.07, 6.45) is 3.21. The molecule has 4 aromatic rings. The second kappa shape index (κ2) is 8.03. The van der Waals surface area contributed by atoms with Crippen molar-refractivity contribution in [3.63, 3.8) is 0 Å². The Balaban J connectivity index is 1.48. The Hall–Kier alpha value is -3.22. The van der Waals surface area contributed by atoms with Crippen LogP contribution < -0.4 is 4.72 Å². The molecule has 0 spiro atoms. The van der Waals surface area contributed by atoms with E-state index in [0.717, 1.165) is 22.3 Å². The van der Waals surface area contributed by atoms with Gasteiger partial charge in [-0.2, -0.15) is 0 Å². The summed E-state index contributed by atoms with van der Waals surface area (Å²) in [5.74, 6) is 0.640. The van der Waals surface area contributed by atoms with E-state index in [0.29, 0.717) is 11.5 Å². The number of nitrogens with zero attached hydrogens (tertiary/aromatic N) is 1. The average molecular weight is 404 g/mol. The highest BCUT2D eigenvalue weighted by Gasteiger charge is 2.14. The number of pyridine rings is 1. The fraction of sp³-hybridized carbons (Fsp3) is 0.0870. The van der Waals surface area contributed by atoms with Crippen LogP contribution >= 0.6 is 0 Å². The second-order valence-corrected chi connectivity index (χ2v) is 8.51. The molecule has 0 aliphatic carbocycles. The first-order valence-electron chi connectivity index (χ1n) is 9.17. The third kappa shape index (κ3) is 4.45. The van der Waals surface area contributed by atoms with Crippen molar-refractivity contribution in [3.05, 3.63) is 96.4 Å². The lowest BCUT2D eigenvalue weighted by atomic mass is 10.0. The molecule has 2 aromatic heterocycles. The predicted molar refractivity (Wildman–Crippen MR) is 113 cm³/mol. The van der Waals surface area contributed by atoms with Crippen molar-refractivity contribution < 1.29 is 12.8 Å². The van der Waals surface area contributed by atoms with Gasteiger partial charge in [-0.1, -0.05) is 42.0 Å². The molecule has 0 radical (unpaired) electrons. The van der Waals surface area contributed by atoms with Crippen LogP contribution in [0.25, 0.3) is 22.6 Å². The molecule has 0 aliphatic rings. The number of hydrogen-bond donors (Lipinski definition) is 1. The Kier molecular flexibility index (Phi) is 5.29. The maximum absolute atomic E-state index is 12.7. The van der Waals surface area contributed by atoms with E-state index in [2.05, 4.69) is 15.8 Å². The summed E-state index contributed by atoms with van der Waals surface area (Å²) >= 11 is 0. The number of aryl methyl sites for hydroxylation is 1. The van der Waals surface area contributed by atoms with Crippen LogP contribution in [0.3, 0.4) is 0 Å². The average Bonchev–Trinajstić information content (AvgIpc) is 3.28. The molecular weight excluding hydrogens is 384 g/mol. The van der Waals surface area contributed by atoms with E-state index in [4.69, 9.17) is 4.42 Å².